The largest absolute Gasteiger partial charge is 0.455 e. The number of para-hydroxylation sites is 2. The van der Waals surface area contributed by atoms with Gasteiger partial charge in [0.2, 0.25) is 0 Å². The summed E-state index contributed by atoms with van der Waals surface area (Å²) in [7, 11) is 0. The van der Waals surface area contributed by atoms with Crippen LogP contribution in [0.5, 0.6) is 0 Å². The maximum absolute atomic E-state index is 12.5. The van der Waals surface area contributed by atoms with Crippen LogP contribution in [-0.4, -0.2) is 52.3 Å². The third-order valence-corrected chi connectivity index (χ3v) is 6.04. The highest BCUT2D eigenvalue weighted by Gasteiger charge is 2.29. The Morgan fingerprint density at radius 3 is 2.23 bits per heavy atom. The summed E-state index contributed by atoms with van der Waals surface area (Å²) in [4.78, 5) is 39.1. The van der Waals surface area contributed by atoms with Gasteiger partial charge in [0.1, 0.15) is 0 Å². The molecule has 2 aromatic carbocycles. The molecule has 2 N–H and O–H groups in total. The number of aryl methyl sites for hydroxylation is 1. The second-order valence-electron chi connectivity index (χ2n) is 8.51. The van der Waals surface area contributed by atoms with Gasteiger partial charge in [-0.15, -0.1) is 0 Å². The summed E-state index contributed by atoms with van der Waals surface area (Å²) < 4.78 is 7.04. The van der Waals surface area contributed by atoms with E-state index in [0.717, 1.165) is 17.1 Å². The zero-order valence-corrected chi connectivity index (χ0v) is 19.9. The molecule has 2 heterocycles. The van der Waals surface area contributed by atoms with Gasteiger partial charge in [-0.1, -0.05) is 36.4 Å². The normalized spacial score (nSPS) is 13.8. The number of likely N-dealkylation sites (tertiary alicyclic amines) is 1. The summed E-state index contributed by atoms with van der Waals surface area (Å²) in [5.41, 5.74) is 3.68. The molecular formula is C26H29N5O4. The van der Waals surface area contributed by atoms with Gasteiger partial charge in [-0.2, -0.15) is 5.10 Å². The lowest BCUT2D eigenvalue weighted by Crippen LogP contribution is -2.43. The molecule has 1 aromatic heterocycles. The summed E-state index contributed by atoms with van der Waals surface area (Å²) in [6.45, 7) is 4.21. The SMILES string of the molecule is Cc1nn(-c2ccccc2)c(C)c1NC(=O)COC(=O)C1CCN(C(=O)Nc2ccccc2)CC1. The van der Waals surface area contributed by atoms with Crippen molar-refractivity contribution in [2.24, 2.45) is 5.92 Å². The molecule has 0 saturated carbocycles. The Bertz CT molecular complexity index is 1190. The topological polar surface area (TPSA) is 106 Å². The predicted molar refractivity (Wildman–Crippen MR) is 132 cm³/mol. The van der Waals surface area contributed by atoms with Gasteiger partial charge in [0, 0.05) is 18.8 Å². The van der Waals surface area contributed by atoms with Gasteiger partial charge in [0.05, 0.1) is 28.7 Å². The van der Waals surface area contributed by atoms with E-state index >= 15 is 0 Å². The summed E-state index contributed by atoms with van der Waals surface area (Å²) in [6.07, 6.45) is 0.982. The van der Waals surface area contributed by atoms with Crippen molar-refractivity contribution in [2.75, 3.05) is 30.3 Å². The van der Waals surface area contributed by atoms with E-state index in [4.69, 9.17) is 4.74 Å². The molecule has 0 radical (unpaired) electrons. The van der Waals surface area contributed by atoms with E-state index in [-0.39, 0.29) is 18.6 Å². The fourth-order valence-electron chi connectivity index (χ4n) is 4.12. The molecule has 9 nitrogen and oxygen atoms in total. The van der Waals surface area contributed by atoms with Gasteiger partial charge < -0.3 is 20.3 Å². The van der Waals surface area contributed by atoms with E-state index in [9.17, 15) is 14.4 Å². The van der Waals surface area contributed by atoms with Crippen LogP contribution >= 0.6 is 0 Å². The van der Waals surface area contributed by atoms with Crippen molar-refractivity contribution in [2.45, 2.75) is 26.7 Å². The van der Waals surface area contributed by atoms with E-state index in [1.54, 1.807) is 9.58 Å². The first-order valence-corrected chi connectivity index (χ1v) is 11.6. The van der Waals surface area contributed by atoms with Crippen LogP contribution < -0.4 is 10.6 Å². The predicted octanol–water partition coefficient (Wildman–Crippen LogP) is 3.91. The zero-order chi connectivity index (χ0) is 24.8. The average molecular weight is 476 g/mol. The van der Waals surface area contributed by atoms with Gasteiger partial charge in [-0.25, -0.2) is 9.48 Å². The van der Waals surface area contributed by atoms with Crippen LogP contribution in [0.2, 0.25) is 0 Å². The van der Waals surface area contributed by atoms with Crippen molar-refractivity contribution in [3.05, 3.63) is 72.1 Å². The Labute approximate surface area is 204 Å². The number of anilines is 2. The van der Waals surface area contributed by atoms with Gasteiger partial charge in [-0.05, 0) is 51.0 Å². The minimum Gasteiger partial charge on any atom is -0.455 e. The number of hydrogen-bond acceptors (Lipinski definition) is 5. The second kappa shape index (κ2) is 10.9. The van der Waals surface area contributed by atoms with Gasteiger partial charge in [0.25, 0.3) is 5.91 Å². The number of aromatic nitrogens is 2. The maximum atomic E-state index is 12.5. The number of amides is 3. The number of nitrogens with one attached hydrogen (secondary N) is 2. The molecular weight excluding hydrogens is 446 g/mol. The molecule has 3 amide bonds. The molecule has 1 saturated heterocycles. The molecule has 9 heteroatoms. The van der Waals surface area contributed by atoms with E-state index in [1.807, 2.05) is 74.5 Å². The Morgan fingerprint density at radius 1 is 0.943 bits per heavy atom. The first kappa shape index (κ1) is 24.0. The number of urea groups is 1. The molecule has 35 heavy (non-hydrogen) atoms. The van der Waals surface area contributed by atoms with E-state index in [1.165, 1.54) is 0 Å². The van der Waals surface area contributed by atoms with Crippen LogP contribution in [0.4, 0.5) is 16.2 Å². The fourth-order valence-corrected chi connectivity index (χ4v) is 4.12. The molecule has 4 rings (SSSR count). The lowest BCUT2D eigenvalue weighted by Gasteiger charge is -2.30. The van der Waals surface area contributed by atoms with Crippen molar-refractivity contribution in [1.29, 1.82) is 0 Å². The first-order valence-electron chi connectivity index (χ1n) is 11.6. The zero-order valence-electron chi connectivity index (χ0n) is 19.9. The number of nitrogens with zero attached hydrogens (tertiary/aromatic N) is 3. The number of ether oxygens (including phenoxy) is 1. The van der Waals surface area contributed by atoms with Crippen molar-refractivity contribution in [1.82, 2.24) is 14.7 Å². The first-order chi connectivity index (χ1) is 16.9. The Morgan fingerprint density at radius 2 is 1.57 bits per heavy atom. The Kier molecular flexibility index (Phi) is 7.45. The lowest BCUT2D eigenvalue weighted by molar-refractivity contribution is -0.152. The number of esters is 1. The van der Waals surface area contributed by atoms with Crippen molar-refractivity contribution < 1.29 is 19.1 Å². The van der Waals surface area contributed by atoms with Gasteiger partial charge in [-0.3, -0.25) is 9.59 Å². The molecule has 0 aliphatic carbocycles. The van der Waals surface area contributed by atoms with Crippen molar-refractivity contribution >= 4 is 29.3 Å². The molecule has 0 unspecified atom stereocenters. The van der Waals surface area contributed by atoms with E-state index < -0.39 is 11.9 Å². The fraction of sp³-hybridized carbons (Fsp3) is 0.308. The molecule has 1 aliphatic heterocycles. The van der Waals surface area contributed by atoms with Crippen LogP contribution in [0.25, 0.3) is 5.69 Å². The van der Waals surface area contributed by atoms with Gasteiger partial charge >= 0.3 is 12.0 Å². The number of carbonyl (C=O) groups is 3. The number of carbonyl (C=O) groups excluding carboxylic acids is 3. The van der Waals surface area contributed by atoms with Crippen LogP contribution in [0.15, 0.2) is 60.7 Å². The Balaban J connectivity index is 1.24. The van der Waals surface area contributed by atoms with E-state index in [0.29, 0.717) is 37.3 Å². The van der Waals surface area contributed by atoms with Gasteiger partial charge in [0.15, 0.2) is 6.61 Å². The van der Waals surface area contributed by atoms with Crippen LogP contribution in [0, 0.1) is 19.8 Å². The quantitative estimate of drug-likeness (QED) is 0.526. The molecule has 1 fully saturated rings. The smallest absolute Gasteiger partial charge is 0.321 e. The highest BCUT2D eigenvalue weighted by Crippen LogP contribution is 2.23. The minimum absolute atomic E-state index is 0.191. The molecule has 3 aromatic rings. The number of rotatable bonds is 6. The average Bonchev–Trinajstić information content (AvgIpc) is 3.16. The minimum atomic E-state index is -0.420. The monoisotopic (exact) mass is 475 g/mol. The second-order valence-corrected chi connectivity index (χ2v) is 8.51. The molecule has 0 spiro atoms. The third-order valence-electron chi connectivity index (χ3n) is 6.04. The summed E-state index contributed by atoms with van der Waals surface area (Å²) in [6, 6.07) is 18.7. The maximum Gasteiger partial charge on any atom is 0.321 e. The number of hydrogen-bond donors (Lipinski definition) is 2. The summed E-state index contributed by atoms with van der Waals surface area (Å²) in [5.74, 6) is -1.18. The van der Waals surface area contributed by atoms with Crippen molar-refractivity contribution in [3.8, 4) is 5.69 Å². The molecule has 0 atom stereocenters. The van der Waals surface area contributed by atoms with Crippen LogP contribution in [0.3, 0.4) is 0 Å². The van der Waals surface area contributed by atoms with Crippen molar-refractivity contribution in [3.63, 3.8) is 0 Å². The molecule has 182 valence electrons. The van der Waals surface area contributed by atoms with Crippen LogP contribution in [-0.2, 0) is 14.3 Å². The summed E-state index contributed by atoms with van der Waals surface area (Å²) in [5, 5.41) is 10.2. The molecule has 1 aliphatic rings. The summed E-state index contributed by atoms with van der Waals surface area (Å²) >= 11 is 0. The third kappa shape index (κ3) is 5.87. The highest BCUT2D eigenvalue weighted by molar-refractivity contribution is 5.94. The number of benzene rings is 2. The molecule has 0 bridgehead atoms. The van der Waals surface area contributed by atoms with E-state index in [2.05, 4.69) is 15.7 Å². The number of piperidine rings is 1. The standard InChI is InChI=1S/C26H29N5O4/c1-18-24(19(2)31(29-18)22-11-7-4-8-12-22)28-23(32)17-35-25(33)20-13-15-30(16-14-20)26(34)27-21-9-5-3-6-10-21/h3-12,20H,13-17H2,1-2H3,(H,27,34)(H,28,32). The lowest BCUT2D eigenvalue weighted by atomic mass is 9.97. The van der Waals surface area contributed by atoms with Crippen LogP contribution in [0.1, 0.15) is 24.2 Å². The highest BCUT2D eigenvalue weighted by atomic mass is 16.5. The Hall–Kier alpha value is -4.14.